The highest BCUT2D eigenvalue weighted by Gasteiger charge is 2.47. The monoisotopic (exact) mass is 494 g/mol. The second-order valence-corrected chi connectivity index (χ2v) is 9.13. The molecule has 1 fully saturated rings. The highest BCUT2D eigenvalue weighted by molar-refractivity contribution is 6.51. The molecule has 0 spiro atoms. The van der Waals surface area contributed by atoms with Crippen molar-refractivity contribution in [2.45, 2.75) is 13.0 Å². The van der Waals surface area contributed by atoms with Gasteiger partial charge in [-0.05, 0) is 48.0 Å². The standard InChI is InChI=1S/C29H26N4O4/c1-17(34)31-19-10-14-21(15-11-19)33-26(18-8-12-20(13-9-18)32(2)3)25(28(36)29(33)37)27(35)23-16-30-24-7-5-4-6-22(23)24/h4-16,26,30,35H,1-3H3,(H,31,34)/b27-25-. The lowest BCUT2D eigenvalue weighted by molar-refractivity contribution is -0.132. The molecular weight excluding hydrogens is 468 g/mol. The molecule has 1 aromatic heterocycles. The Labute approximate surface area is 213 Å². The summed E-state index contributed by atoms with van der Waals surface area (Å²) >= 11 is 0. The number of ketones is 1. The fourth-order valence-corrected chi connectivity index (χ4v) is 4.69. The minimum Gasteiger partial charge on any atom is -0.507 e. The van der Waals surface area contributed by atoms with Gasteiger partial charge in [0.15, 0.2) is 0 Å². The van der Waals surface area contributed by atoms with Gasteiger partial charge in [-0.3, -0.25) is 19.3 Å². The Hall–Kier alpha value is -4.85. The third kappa shape index (κ3) is 4.23. The number of nitrogens with zero attached hydrogens (tertiary/aromatic N) is 2. The van der Waals surface area contributed by atoms with Crippen molar-refractivity contribution in [1.29, 1.82) is 0 Å². The number of benzene rings is 3. The maximum Gasteiger partial charge on any atom is 0.300 e. The molecule has 1 aliphatic heterocycles. The van der Waals surface area contributed by atoms with Crippen molar-refractivity contribution in [3.63, 3.8) is 0 Å². The molecule has 0 radical (unpaired) electrons. The molecule has 186 valence electrons. The summed E-state index contributed by atoms with van der Waals surface area (Å²) in [7, 11) is 3.85. The average Bonchev–Trinajstić information content (AvgIpc) is 3.43. The van der Waals surface area contributed by atoms with Crippen LogP contribution in [0.1, 0.15) is 24.1 Å². The van der Waals surface area contributed by atoms with Crippen LogP contribution in [-0.4, -0.2) is 41.8 Å². The number of hydrogen-bond donors (Lipinski definition) is 3. The molecule has 4 aromatic rings. The average molecular weight is 495 g/mol. The Morgan fingerprint density at radius 3 is 2.30 bits per heavy atom. The summed E-state index contributed by atoms with van der Waals surface area (Å²) in [6, 6.07) is 20.8. The molecule has 1 unspecified atom stereocenters. The second-order valence-electron chi connectivity index (χ2n) is 9.13. The molecule has 0 bridgehead atoms. The molecule has 0 saturated carbocycles. The van der Waals surface area contributed by atoms with Crippen LogP contribution in [0, 0.1) is 0 Å². The summed E-state index contributed by atoms with van der Waals surface area (Å²) in [6.07, 6.45) is 1.64. The van der Waals surface area contributed by atoms with E-state index in [-0.39, 0.29) is 17.2 Å². The summed E-state index contributed by atoms with van der Waals surface area (Å²) in [5, 5.41) is 14.9. The minimum atomic E-state index is -0.850. The summed E-state index contributed by atoms with van der Waals surface area (Å²) in [4.78, 5) is 44.8. The van der Waals surface area contributed by atoms with Crippen LogP contribution in [0.2, 0.25) is 0 Å². The molecule has 8 heteroatoms. The Morgan fingerprint density at radius 1 is 0.973 bits per heavy atom. The van der Waals surface area contributed by atoms with Crippen LogP contribution in [0.15, 0.2) is 84.6 Å². The van der Waals surface area contributed by atoms with Crippen molar-refractivity contribution >= 4 is 51.3 Å². The molecule has 1 saturated heterocycles. The smallest absolute Gasteiger partial charge is 0.300 e. The van der Waals surface area contributed by atoms with Crippen LogP contribution in [0.5, 0.6) is 0 Å². The van der Waals surface area contributed by atoms with Crippen LogP contribution < -0.4 is 15.1 Å². The lowest BCUT2D eigenvalue weighted by Gasteiger charge is -2.26. The van der Waals surface area contributed by atoms with E-state index in [1.807, 2.05) is 67.5 Å². The van der Waals surface area contributed by atoms with Crippen LogP contribution in [0.25, 0.3) is 16.7 Å². The van der Waals surface area contributed by atoms with Gasteiger partial charge in [0.1, 0.15) is 5.76 Å². The molecular formula is C29H26N4O4. The SMILES string of the molecule is CC(=O)Nc1ccc(N2C(=O)C(=O)/C(=C(\O)c3c[nH]c4ccccc34)C2c2ccc(N(C)C)cc2)cc1. The lowest BCUT2D eigenvalue weighted by atomic mass is 9.94. The van der Waals surface area contributed by atoms with Crippen LogP contribution in [0.3, 0.4) is 0 Å². The molecule has 1 atom stereocenters. The summed E-state index contributed by atoms with van der Waals surface area (Å²) in [6.45, 7) is 1.41. The number of carbonyl (C=O) groups is 3. The predicted molar refractivity (Wildman–Crippen MR) is 145 cm³/mol. The molecule has 3 N–H and O–H groups in total. The zero-order valence-corrected chi connectivity index (χ0v) is 20.6. The Kier molecular flexibility index (Phi) is 6.01. The van der Waals surface area contributed by atoms with Crippen molar-refractivity contribution in [3.8, 4) is 0 Å². The number of hydrogen-bond acceptors (Lipinski definition) is 5. The van der Waals surface area contributed by atoms with Crippen molar-refractivity contribution in [2.24, 2.45) is 0 Å². The predicted octanol–water partition coefficient (Wildman–Crippen LogP) is 4.82. The van der Waals surface area contributed by atoms with E-state index in [0.29, 0.717) is 22.5 Å². The number of nitrogens with one attached hydrogen (secondary N) is 2. The van der Waals surface area contributed by atoms with E-state index in [4.69, 9.17) is 0 Å². The topological polar surface area (TPSA) is 106 Å². The molecule has 1 aliphatic rings. The van der Waals surface area contributed by atoms with Gasteiger partial charge in [0.05, 0.1) is 11.6 Å². The molecule has 5 rings (SSSR count). The highest BCUT2D eigenvalue weighted by atomic mass is 16.3. The van der Waals surface area contributed by atoms with Crippen molar-refractivity contribution in [3.05, 3.63) is 95.7 Å². The molecule has 3 aromatic carbocycles. The number of H-pyrrole nitrogens is 1. The van der Waals surface area contributed by atoms with Gasteiger partial charge < -0.3 is 20.3 Å². The number of amides is 2. The Bertz CT molecular complexity index is 1550. The van der Waals surface area contributed by atoms with Crippen LogP contribution >= 0.6 is 0 Å². The van der Waals surface area contributed by atoms with E-state index in [0.717, 1.165) is 16.6 Å². The first-order valence-corrected chi connectivity index (χ1v) is 11.8. The largest absolute Gasteiger partial charge is 0.507 e. The van der Waals surface area contributed by atoms with Gasteiger partial charge in [0, 0.05) is 60.7 Å². The van der Waals surface area contributed by atoms with E-state index in [1.165, 1.54) is 11.8 Å². The zero-order valence-electron chi connectivity index (χ0n) is 20.6. The Balaban J connectivity index is 1.68. The van der Waals surface area contributed by atoms with Gasteiger partial charge in [-0.1, -0.05) is 30.3 Å². The number of Topliss-reactive ketones (excluding diaryl/α,β-unsaturated/α-hetero) is 1. The normalized spacial score (nSPS) is 16.8. The number of carbonyl (C=O) groups excluding carboxylic acids is 3. The van der Waals surface area contributed by atoms with Gasteiger partial charge in [-0.25, -0.2) is 0 Å². The first kappa shape index (κ1) is 23.9. The van der Waals surface area contributed by atoms with Crippen molar-refractivity contribution in [1.82, 2.24) is 4.98 Å². The summed E-state index contributed by atoms with van der Waals surface area (Å²) in [5.74, 6) is -1.96. The lowest BCUT2D eigenvalue weighted by Crippen LogP contribution is -2.29. The maximum atomic E-state index is 13.4. The highest BCUT2D eigenvalue weighted by Crippen LogP contribution is 2.43. The van der Waals surface area contributed by atoms with E-state index >= 15 is 0 Å². The number of rotatable bonds is 5. The Morgan fingerprint density at radius 2 is 1.65 bits per heavy atom. The van der Waals surface area contributed by atoms with E-state index in [1.54, 1.807) is 30.5 Å². The number of aromatic nitrogens is 1. The fourth-order valence-electron chi connectivity index (χ4n) is 4.69. The number of fused-ring (bicyclic) bond motifs is 1. The third-order valence-corrected chi connectivity index (χ3v) is 6.48. The van der Waals surface area contributed by atoms with Gasteiger partial charge in [-0.2, -0.15) is 0 Å². The quantitative estimate of drug-likeness (QED) is 0.210. The van der Waals surface area contributed by atoms with E-state index < -0.39 is 17.7 Å². The maximum absolute atomic E-state index is 13.4. The molecule has 8 nitrogen and oxygen atoms in total. The van der Waals surface area contributed by atoms with E-state index in [9.17, 15) is 19.5 Å². The van der Waals surface area contributed by atoms with Gasteiger partial charge >= 0.3 is 0 Å². The minimum absolute atomic E-state index is 0.0123. The second kappa shape index (κ2) is 9.31. The van der Waals surface area contributed by atoms with Crippen molar-refractivity contribution < 1.29 is 19.5 Å². The van der Waals surface area contributed by atoms with Crippen LogP contribution in [0.4, 0.5) is 17.1 Å². The zero-order chi connectivity index (χ0) is 26.3. The first-order chi connectivity index (χ1) is 17.8. The number of aliphatic hydroxyl groups excluding tert-OH is 1. The van der Waals surface area contributed by atoms with Crippen LogP contribution in [-0.2, 0) is 14.4 Å². The van der Waals surface area contributed by atoms with Gasteiger partial charge in [-0.15, -0.1) is 0 Å². The molecule has 2 heterocycles. The number of anilines is 3. The molecule has 0 aliphatic carbocycles. The fraction of sp³-hybridized carbons (Fsp3) is 0.138. The molecule has 37 heavy (non-hydrogen) atoms. The summed E-state index contributed by atoms with van der Waals surface area (Å²) < 4.78 is 0. The van der Waals surface area contributed by atoms with Gasteiger partial charge in [0.2, 0.25) is 5.91 Å². The first-order valence-electron chi connectivity index (χ1n) is 11.8. The van der Waals surface area contributed by atoms with Crippen molar-refractivity contribution in [2.75, 3.05) is 29.2 Å². The number of aliphatic hydroxyl groups is 1. The third-order valence-electron chi connectivity index (χ3n) is 6.48. The number of aromatic amines is 1. The molecule has 2 amide bonds. The summed E-state index contributed by atoms with van der Waals surface area (Å²) in [5.41, 5.74) is 3.94. The number of para-hydroxylation sites is 1. The van der Waals surface area contributed by atoms with Gasteiger partial charge in [0.25, 0.3) is 11.7 Å². The van der Waals surface area contributed by atoms with E-state index in [2.05, 4.69) is 10.3 Å².